The van der Waals surface area contributed by atoms with Crippen LogP contribution in [0.5, 0.6) is 0 Å². The molecule has 2 fully saturated rings. The quantitative estimate of drug-likeness (QED) is 0.812. The SMILES string of the molecule is CC1CCOC2(O1)C(=O)N(C[NH+]1CCN(c3cccc(Cl)c3)CC1)c1ccccc12. The summed E-state index contributed by atoms with van der Waals surface area (Å²) >= 11 is 6.15. The summed E-state index contributed by atoms with van der Waals surface area (Å²) in [4.78, 5) is 19.1. The predicted molar refractivity (Wildman–Crippen MR) is 116 cm³/mol. The second-order valence-electron chi connectivity index (χ2n) is 8.31. The number of carbonyl (C=O) groups excluding carboxylic acids is 1. The summed E-state index contributed by atoms with van der Waals surface area (Å²) in [6.45, 7) is 6.89. The molecule has 5 rings (SSSR count). The van der Waals surface area contributed by atoms with E-state index in [9.17, 15) is 4.79 Å². The molecule has 158 valence electrons. The van der Waals surface area contributed by atoms with Crippen molar-refractivity contribution in [2.24, 2.45) is 0 Å². The summed E-state index contributed by atoms with van der Waals surface area (Å²) in [5.41, 5.74) is 2.89. The van der Waals surface area contributed by atoms with Crippen molar-refractivity contribution >= 4 is 28.9 Å². The summed E-state index contributed by atoms with van der Waals surface area (Å²) in [7, 11) is 0. The minimum Gasteiger partial charge on any atom is -0.360 e. The van der Waals surface area contributed by atoms with Crippen molar-refractivity contribution in [2.45, 2.75) is 25.2 Å². The van der Waals surface area contributed by atoms with Crippen LogP contribution in [-0.4, -0.2) is 51.5 Å². The molecule has 2 atom stereocenters. The molecule has 2 aromatic rings. The molecule has 3 aliphatic heterocycles. The second-order valence-corrected chi connectivity index (χ2v) is 8.74. The van der Waals surface area contributed by atoms with Crippen molar-refractivity contribution in [2.75, 3.05) is 49.3 Å². The minimum atomic E-state index is -1.28. The fraction of sp³-hybridized carbons (Fsp3) is 0.435. The first kappa shape index (κ1) is 19.8. The number of hydrogen-bond acceptors (Lipinski definition) is 4. The van der Waals surface area contributed by atoms with E-state index >= 15 is 0 Å². The molecule has 2 unspecified atom stereocenters. The summed E-state index contributed by atoms with van der Waals surface area (Å²) in [5, 5.41) is 0.758. The molecular weight excluding hydrogens is 402 g/mol. The van der Waals surface area contributed by atoms with E-state index in [0.717, 1.165) is 54.6 Å². The fourth-order valence-electron chi connectivity index (χ4n) is 4.68. The zero-order valence-electron chi connectivity index (χ0n) is 17.1. The van der Waals surface area contributed by atoms with E-state index in [1.165, 1.54) is 4.90 Å². The number of nitrogens with zero attached hydrogens (tertiary/aromatic N) is 2. The first-order chi connectivity index (χ1) is 14.6. The predicted octanol–water partition coefficient (Wildman–Crippen LogP) is 2.03. The highest BCUT2D eigenvalue weighted by Crippen LogP contribution is 2.45. The number of anilines is 2. The van der Waals surface area contributed by atoms with Crippen LogP contribution in [0.2, 0.25) is 5.02 Å². The van der Waals surface area contributed by atoms with E-state index in [0.29, 0.717) is 13.3 Å². The third-order valence-electron chi connectivity index (χ3n) is 6.30. The lowest BCUT2D eigenvalue weighted by molar-refractivity contribution is -0.899. The van der Waals surface area contributed by atoms with Gasteiger partial charge in [0.2, 0.25) is 0 Å². The molecule has 3 aliphatic rings. The topological polar surface area (TPSA) is 46.5 Å². The van der Waals surface area contributed by atoms with Crippen molar-refractivity contribution in [3.63, 3.8) is 0 Å². The maximum Gasteiger partial charge on any atom is 0.296 e. The van der Waals surface area contributed by atoms with Gasteiger partial charge in [-0.05, 0) is 37.6 Å². The van der Waals surface area contributed by atoms with Gasteiger partial charge < -0.3 is 19.3 Å². The van der Waals surface area contributed by atoms with Crippen LogP contribution in [0.3, 0.4) is 0 Å². The minimum absolute atomic E-state index is 0.00991. The van der Waals surface area contributed by atoms with Crippen LogP contribution in [0.1, 0.15) is 18.9 Å². The number of quaternary nitrogens is 1. The van der Waals surface area contributed by atoms with Gasteiger partial charge in [0, 0.05) is 16.3 Å². The van der Waals surface area contributed by atoms with Crippen LogP contribution in [0.4, 0.5) is 11.4 Å². The fourth-order valence-corrected chi connectivity index (χ4v) is 4.87. The van der Waals surface area contributed by atoms with E-state index in [-0.39, 0.29) is 12.0 Å². The Hall–Kier alpha value is -2.12. The molecule has 30 heavy (non-hydrogen) atoms. The first-order valence-electron chi connectivity index (χ1n) is 10.6. The maximum atomic E-state index is 13.5. The lowest BCUT2D eigenvalue weighted by atomic mass is 10.1. The zero-order valence-corrected chi connectivity index (χ0v) is 17.9. The van der Waals surface area contributed by atoms with Gasteiger partial charge in [-0.15, -0.1) is 0 Å². The summed E-state index contributed by atoms with van der Waals surface area (Å²) in [6.07, 6.45) is 0.790. The van der Waals surface area contributed by atoms with E-state index < -0.39 is 5.79 Å². The summed E-state index contributed by atoms with van der Waals surface area (Å²) < 4.78 is 12.1. The standard InChI is InChI=1S/C23H26ClN3O3/c1-17-9-14-29-23(30-17)20-7-2-3-8-21(20)27(22(23)28)16-25-10-12-26(13-11-25)19-6-4-5-18(24)15-19/h2-8,15,17H,9-14,16H2,1H3/p+1. The number of hydrogen-bond donors (Lipinski definition) is 1. The monoisotopic (exact) mass is 428 g/mol. The number of ether oxygens (including phenoxy) is 2. The van der Waals surface area contributed by atoms with Crippen LogP contribution >= 0.6 is 11.6 Å². The molecule has 6 nitrogen and oxygen atoms in total. The van der Waals surface area contributed by atoms with Crippen molar-refractivity contribution in [1.82, 2.24) is 0 Å². The molecule has 0 bridgehead atoms. The van der Waals surface area contributed by atoms with Gasteiger partial charge in [0.1, 0.15) is 0 Å². The Balaban J connectivity index is 1.32. The van der Waals surface area contributed by atoms with E-state index in [1.54, 1.807) is 0 Å². The molecule has 2 aromatic carbocycles. The third-order valence-corrected chi connectivity index (χ3v) is 6.53. The van der Waals surface area contributed by atoms with Gasteiger partial charge in [-0.1, -0.05) is 35.9 Å². The number of nitrogens with one attached hydrogen (secondary N) is 1. The van der Waals surface area contributed by atoms with Crippen molar-refractivity contribution in [1.29, 1.82) is 0 Å². The molecule has 0 saturated carbocycles. The number of rotatable bonds is 3. The Morgan fingerprint density at radius 2 is 1.97 bits per heavy atom. The average Bonchev–Trinajstić information content (AvgIpc) is 2.97. The lowest BCUT2D eigenvalue weighted by Crippen LogP contribution is -3.16. The van der Waals surface area contributed by atoms with Crippen LogP contribution in [0.25, 0.3) is 0 Å². The molecule has 1 N–H and O–H groups in total. The Labute approximate surface area is 181 Å². The number of halogens is 1. The highest BCUT2D eigenvalue weighted by Gasteiger charge is 2.56. The van der Waals surface area contributed by atoms with Gasteiger partial charge in [0.25, 0.3) is 11.7 Å². The van der Waals surface area contributed by atoms with Gasteiger partial charge in [-0.25, -0.2) is 0 Å². The smallest absolute Gasteiger partial charge is 0.296 e. The highest BCUT2D eigenvalue weighted by atomic mass is 35.5. The Kier molecular flexibility index (Phi) is 5.19. The molecular formula is C23H27ClN3O3+. The Morgan fingerprint density at radius 3 is 2.73 bits per heavy atom. The van der Waals surface area contributed by atoms with Gasteiger partial charge in [0.15, 0.2) is 6.67 Å². The molecule has 0 aromatic heterocycles. The van der Waals surface area contributed by atoms with E-state index in [4.69, 9.17) is 21.1 Å². The summed E-state index contributed by atoms with van der Waals surface area (Å²) in [6, 6.07) is 15.9. The number of benzene rings is 2. The van der Waals surface area contributed by atoms with Crippen molar-refractivity contribution in [3.8, 4) is 0 Å². The largest absolute Gasteiger partial charge is 0.360 e. The van der Waals surface area contributed by atoms with Crippen LogP contribution in [0, 0.1) is 0 Å². The van der Waals surface area contributed by atoms with Crippen LogP contribution in [0.15, 0.2) is 48.5 Å². The van der Waals surface area contributed by atoms with Gasteiger partial charge in [0.05, 0.1) is 44.6 Å². The van der Waals surface area contributed by atoms with Crippen molar-refractivity contribution in [3.05, 3.63) is 59.1 Å². The molecule has 0 aliphatic carbocycles. The van der Waals surface area contributed by atoms with Gasteiger partial charge in [-0.3, -0.25) is 9.69 Å². The lowest BCUT2D eigenvalue weighted by Gasteiger charge is -2.37. The average molecular weight is 429 g/mol. The number of piperazine rings is 1. The van der Waals surface area contributed by atoms with Crippen LogP contribution < -0.4 is 14.7 Å². The molecule has 7 heteroatoms. The normalized spacial score (nSPS) is 27.0. The second kappa shape index (κ2) is 7.85. The van der Waals surface area contributed by atoms with Crippen LogP contribution in [-0.2, 0) is 20.1 Å². The number of fused-ring (bicyclic) bond motifs is 2. The number of amides is 1. The first-order valence-corrected chi connectivity index (χ1v) is 11.0. The Morgan fingerprint density at radius 1 is 1.17 bits per heavy atom. The zero-order chi connectivity index (χ0) is 20.7. The van der Waals surface area contributed by atoms with E-state index in [1.807, 2.05) is 54.3 Å². The number of carbonyl (C=O) groups is 1. The third kappa shape index (κ3) is 3.38. The molecule has 2 saturated heterocycles. The number of para-hydroxylation sites is 1. The molecule has 3 heterocycles. The van der Waals surface area contributed by atoms with E-state index in [2.05, 4.69) is 11.0 Å². The highest BCUT2D eigenvalue weighted by molar-refractivity contribution is 6.30. The maximum absolute atomic E-state index is 13.5. The molecule has 0 radical (unpaired) electrons. The van der Waals surface area contributed by atoms with Gasteiger partial charge >= 0.3 is 0 Å². The van der Waals surface area contributed by atoms with Crippen molar-refractivity contribution < 1.29 is 19.2 Å². The van der Waals surface area contributed by atoms with Gasteiger partial charge in [-0.2, -0.15) is 0 Å². The Bertz CT molecular complexity index is 947. The molecule has 1 spiro atoms. The summed E-state index contributed by atoms with van der Waals surface area (Å²) in [5.74, 6) is -1.38. The molecule has 1 amide bonds.